The SMILES string of the molecule is CCC(CBr)CN1C(=O)C(=O)c2c(C)cc(C)cc21. The third-order valence-electron chi connectivity index (χ3n) is 3.65. The molecule has 0 bridgehead atoms. The first-order valence-electron chi connectivity index (χ1n) is 6.53. The van der Waals surface area contributed by atoms with Gasteiger partial charge in [-0.15, -0.1) is 0 Å². The normalized spacial score (nSPS) is 15.9. The molecule has 1 aromatic carbocycles. The molecule has 2 rings (SSSR count). The molecule has 1 aromatic rings. The van der Waals surface area contributed by atoms with Crippen LogP contribution in [0.5, 0.6) is 0 Å². The van der Waals surface area contributed by atoms with E-state index >= 15 is 0 Å². The molecule has 102 valence electrons. The molecule has 4 heteroatoms. The molecule has 0 saturated carbocycles. The topological polar surface area (TPSA) is 37.4 Å². The second-order valence-corrected chi connectivity index (χ2v) is 5.80. The number of carbonyl (C=O) groups is 2. The van der Waals surface area contributed by atoms with Crippen LogP contribution in [0, 0.1) is 19.8 Å². The molecular formula is C15H18BrNO2. The van der Waals surface area contributed by atoms with Crippen LogP contribution in [0.25, 0.3) is 0 Å². The molecule has 0 N–H and O–H groups in total. The average molecular weight is 324 g/mol. The highest BCUT2D eigenvalue weighted by molar-refractivity contribution is 9.09. The lowest BCUT2D eigenvalue weighted by Crippen LogP contribution is -2.34. The Morgan fingerprint density at radius 3 is 2.53 bits per heavy atom. The number of halogens is 1. The molecule has 3 nitrogen and oxygen atoms in total. The molecule has 1 unspecified atom stereocenters. The van der Waals surface area contributed by atoms with Gasteiger partial charge in [0.2, 0.25) is 0 Å². The van der Waals surface area contributed by atoms with E-state index in [1.165, 1.54) is 0 Å². The summed E-state index contributed by atoms with van der Waals surface area (Å²) in [5, 5.41) is 0.835. The van der Waals surface area contributed by atoms with Crippen molar-refractivity contribution in [1.82, 2.24) is 0 Å². The van der Waals surface area contributed by atoms with E-state index in [1.807, 2.05) is 26.0 Å². The van der Waals surface area contributed by atoms with Gasteiger partial charge in [0.05, 0.1) is 11.3 Å². The molecule has 0 radical (unpaired) electrons. The number of aryl methyl sites for hydroxylation is 2. The molecule has 0 fully saturated rings. The second kappa shape index (κ2) is 5.45. The van der Waals surface area contributed by atoms with Gasteiger partial charge in [0, 0.05) is 11.9 Å². The van der Waals surface area contributed by atoms with Crippen molar-refractivity contribution in [3.63, 3.8) is 0 Å². The van der Waals surface area contributed by atoms with Crippen molar-refractivity contribution in [3.05, 3.63) is 28.8 Å². The molecule has 1 amide bonds. The van der Waals surface area contributed by atoms with Crippen molar-refractivity contribution in [2.24, 2.45) is 5.92 Å². The number of rotatable bonds is 4. The zero-order valence-corrected chi connectivity index (χ0v) is 13.1. The monoisotopic (exact) mass is 323 g/mol. The first-order chi connectivity index (χ1) is 8.99. The quantitative estimate of drug-likeness (QED) is 0.630. The van der Waals surface area contributed by atoms with Gasteiger partial charge in [-0.05, 0) is 37.0 Å². The average Bonchev–Trinajstić information content (AvgIpc) is 2.60. The lowest BCUT2D eigenvalue weighted by atomic mass is 10.0. The zero-order chi connectivity index (χ0) is 14.2. The van der Waals surface area contributed by atoms with Crippen LogP contribution in [0.15, 0.2) is 12.1 Å². The van der Waals surface area contributed by atoms with Crippen LogP contribution >= 0.6 is 15.9 Å². The van der Waals surface area contributed by atoms with Gasteiger partial charge in [0.1, 0.15) is 0 Å². The lowest BCUT2D eigenvalue weighted by Gasteiger charge is -2.22. The molecule has 0 aliphatic carbocycles. The Labute approximate surface area is 122 Å². The van der Waals surface area contributed by atoms with E-state index in [0.717, 1.165) is 28.6 Å². The standard InChI is InChI=1S/C15H18BrNO2/c1-4-11(7-16)8-17-12-6-9(2)5-10(3)13(12)14(18)15(17)19/h5-6,11H,4,7-8H2,1-3H3. The van der Waals surface area contributed by atoms with Crippen LogP contribution in [0.3, 0.4) is 0 Å². The van der Waals surface area contributed by atoms with E-state index in [1.54, 1.807) is 4.90 Å². The molecule has 19 heavy (non-hydrogen) atoms. The summed E-state index contributed by atoms with van der Waals surface area (Å²) in [5.74, 6) is -0.386. The fourth-order valence-corrected chi connectivity index (χ4v) is 3.18. The number of carbonyl (C=O) groups excluding carboxylic acids is 2. The predicted molar refractivity (Wildman–Crippen MR) is 80.2 cm³/mol. The molecule has 1 atom stereocenters. The largest absolute Gasteiger partial charge is 0.304 e. The molecule has 1 aliphatic rings. The second-order valence-electron chi connectivity index (χ2n) is 5.15. The number of nitrogens with zero attached hydrogens (tertiary/aromatic N) is 1. The van der Waals surface area contributed by atoms with Gasteiger partial charge < -0.3 is 4.90 Å². The van der Waals surface area contributed by atoms with Gasteiger partial charge >= 0.3 is 0 Å². The molecular weight excluding hydrogens is 306 g/mol. The van der Waals surface area contributed by atoms with Crippen molar-refractivity contribution < 1.29 is 9.59 Å². The number of hydrogen-bond donors (Lipinski definition) is 0. The Kier molecular flexibility index (Phi) is 4.09. The fraction of sp³-hybridized carbons (Fsp3) is 0.467. The highest BCUT2D eigenvalue weighted by Gasteiger charge is 2.37. The molecule has 0 saturated heterocycles. The fourth-order valence-electron chi connectivity index (χ4n) is 2.52. The molecule has 1 heterocycles. The number of amides is 1. The minimum Gasteiger partial charge on any atom is -0.304 e. The van der Waals surface area contributed by atoms with Gasteiger partial charge in [0.25, 0.3) is 11.7 Å². The summed E-state index contributed by atoms with van der Waals surface area (Å²) in [7, 11) is 0. The maximum atomic E-state index is 12.2. The third kappa shape index (κ3) is 2.46. The van der Waals surface area contributed by atoms with Crippen molar-refractivity contribution in [1.29, 1.82) is 0 Å². The Hall–Kier alpha value is -1.16. The van der Waals surface area contributed by atoms with Gasteiger partial charge in [-0.2, -0.15) is 0 Å². The molecule has 1 aliphatic heterocycles. The summed E-state index contributed by atoms with van der Waals surface area (Å²) in [6, 6.07) is 3.89. The van der Waals surface area contributed by atoms with Crippen molar-refractivity contribution in [2.75, 3.05) is 16.8 Å². The minimum atomic E-state index is -0.386. The maximum absolute atomic E-state index is 12.2. The summed E-state index contributed by atoms with van der Waals surface area (Å²) >= 11 is 3.46. The number of fused-ring (bicyclic) bond motifs is 1. The number of benzene rings is 1. The van der Waals surface area contributed by atoms with Crippen LogP contribution in [-0.2, 0) is 4.79 Å². The summed E-state index contributed by atoms with van der Waals surface area (Å²) in [5.41, 5.74) is 3.34. The van der Waals surface area contributed by atoms with E-state index in [2.05, 4.69) is 22.9 Å². The van der Waals surface area contributed by atoms with Crippen LogP contribution in [0.2, 0.25) is 0 Å². The summed E-state index contributed by atoms with van der Waals surface area (Å²) in [6.07, 6.45) is 0.976. The Bertz CT molecular complexity index is 535. The van der Waals surface area contributed by atoms with E-state index in [0.29, 0.717) is 18.0 Å². The minimum absolute atomic E-state index is 0.364. The molecule has 0 spiro atoms. The van der Waals surface area contributed by atoms with Crippen LogP contribution in [0.4, 0.5) is 5.69 Å². The summed E-state index contributed by atoms with van der Waals surface area (Å²) in [4.78, 5) is 25.9. The smallest absolute Gasteiger partial charge is 0.299 e. The third-order valence-corrected chi connectivity index (χ3v) is 4.57. The Morgan fingerprint density at radius 1 is 1.26 bits per heavy atom. The van der Waals surface area contributed by atoms with E-state index < -0.39 is 0 Å². The van der Waals surface area contributed by atoms with Crippen molar-refractivity contribution in [2.45, 2.75) is 27.2 Å². The van der Waals surface area contributed by atoms with Crippen molar-refractivity contribution >= 4 is 33.3 Å². The Balaban J connectivity index is 2.44. The number of Topliss-reactive ketones (excluding diaryl/α,β-unsaturated/α-hetero) is 1. The predicted octanol–water partition coefficient (Wildman–Crippen LogP) is 3.25. The first-order valence-corrected chi connectivity index (χ1v) is 7.65. The number of ketones is 1. The number of alkyl halides is 1. The Morgan fingerprint density at radius 2 is 1.95 bits per heavy atom. The van der Waals surface area contributed by atoms with Gasteiger partial charge in [-0.3, -0.25) is 9.59 Å². The van der Waals surface area contributed by atoms with Gasteiger partial charge in [0.15, 0.2) is 0 Å². The summed E-state index contributed by atoms with van der Waals surface area (Å²) in [6.45, 7) is 6.57. The number of hydrogen-bond acceptors (Lipinski definition) is 2. The summed E-state index contributed by atoms with van der Waals surface area (Å²) < 4.78 is 0. The van der Waals surface area contributed by atoms with Crippen LogP contribution in [0.1, 0.15) is 34.8 Å². The van der Waals surface area contributed by atoms with Gasteiger partial charge in [-0.25, -0.2) is 0 Å². The maximum Gasteiger partial charge on any atom is 0.299 e. The van der Waals surface area contributed by atoms with E-state index in [9.17, 15) is 9.59 Å². The van der Waals surface area contributed by atoms with Crippen LogP contribution < -0.4 is 4.90 Å². The van der Waals surface area contributed by atoms with E-state index in [4.69, 9.17) is 0 Å². The molecule has 0 aromatic heterocycles. The highest BCUT2D eigenvalue weighted by atomic mass is 79.9. The van der Waals surface area contributed by atoms with E-state index in [-0.39, 0.29) is 11.7 Å². The highest BCUT2D eigenvalue weighted by Crippen LogP contribution is 2.33. The van der Waals surface area contributed by atoms with Gasteiger partial charge in [-0.1, -0.05) is 35.3 Å². The lowest BCUT2D eigenvalue weighted by molar-refractivity contribution is -0.114. The number of anilines is 1. The first kappa shape index (κ1) is 14.3. The zero-order valence-electron chi connectivity index (χ0n) is 11.5. The van der Waals surface area contributed by atoms with Crippen LogP contribution in [-0.4, -0.2) is 23.6 Å². The van der Waals surface area contributed by atoms with Crippen molar-refractivity contribution in [3.8, 4) is 0 Å².